The number of piperidine rings is 2. The number of hydrogen-bond donors (Lipinski definition) is 1. The Bertz CT molecular complexity index is 1700. The number of aryl methyl sites for hydroxylation is 2. The summed E-state index contributed by atoms with van der Waals surface area (Å²) in [5.41, 5.74) is 3.66. The van der Waals surface area contributed by atoms with E-state index in [0.29, 0.717) is 24.1 Å². The SMILES string of the molecule is COCCCn1c([C@@H]2CCCN(C(=O)OC(C)(C)C)C2)nc2ccc(Cl)cc21.COCCCn1c([C@@H]2CCCNC2)nc2ccc(Cl)cc21.ClCCl. The van der Waals surface area contributed by atoms with E-state index in [4.69, 9.17) is 70.6 Å². The van der Waals surface area contributed by atoms with Gasteiger partial charge in [-0.05, 0) is 102 Å². The first-order valence-electron chi connectivity index (χ1n) is 18.1. The molecule has 52 heavy (non-hydrogen) atoms. The third-order valence-electron chi connectivity index (χ3n) is 9.04. The van der Waals surface area contributed by atoms with E-state index in [1.54, 1.807) is 14.2 Å². The van der Waals surface area contributed by atoms with Gasteiger partial charge in [-0.25, -0.2) is 14.8 Å². The quantitative estimate of drug-likeness (QED) is 0.126. The van der Waals surface area contributed by atoms with Crippen molar-refractivity contribution in [2.24, 2.45) is 0 Å². The molecule has 2 saturated heterocycles. The number of imidazole rings is 2. The molecule has 14 heteroatoms. The number of halogens is 4. The number of nitrogens with one attached hydrogen (secondary N) is 1. The summed E-state index contributed by atoms with van der Waals surface area (Å²) in [6.07, 6.45) is 5.99. The Hall–Kier alpha value is -2.31. The molecule has 4 heterocycles. The van der Waals surface area contributed by atoms with Crippen molar-refractivity contribution in [3.05, 3.63) is 58.1 Å². The summed E-state index contributed by atoms with van der Waals surface area (Å²) in [6, 6.07) is 11.8. The first-order chi connectivity index (χ1) is 25.0. The number of carbonyl (C=O) groups excluding carboxylic acids is 1. The van der Waals surface area contributed by atoms with Crippen LogP contribution in [0.15, 0.2) is 36.4 Å². The second-order valence-electron chi connectivity index (χ2n) is 14.1. The molecule has 6 rings (SSSR count). The summed E-state index contributed by atoms with van der Waals surface area (Å²) in [4.78, 5) is 24.1. The Morgan fingerprint density at radius 2 is 1.37 bits per heavy atom. The Balaban J connectivity index is 0.000000224. The first-order valence-corrected chi connectivity index (χ1v) is 19.9. The molecule has 1 amide bonds. The predicted octanol–water partition coefficient (Wildman–Crippen LogP) is 9.46. The van der Waals surface area contributed by atoms with Gasteiger partial charge in [0.25, 0.3) is 0 Å². The summed E-state index contributed by atoms with van der Waals surface area (Å²) in [5, 5.41) is 5.14. The van der Waals surface area contributed by atoms with Crippen LogP contribution in [0.5, 0.6) is 0 Å². The van der Waals surface area contributed by atoms with Gasteiger partial charge in [-0.2, -0.15) is 0 Å². The number of carbonyl (C=O) groups is 1. The minimum Gasteiger partial charge on any atom is -0.444 e. The Morgan fingerprint density at radius 1 is 0.846 bits per heavy atom. The zero-order chi connectivity index (χ0) is 37.7. The number of amides is 1. The van der Waals surface area contributed by atoms with Crippen LogP contribution >= 0.6 is 46.4 Å². The monoisotopic (exact) mass is 798 g/mol. The largest absolute Gasteiger partial charge is 0.444 e. The van der Waals surface area contributed by atoms with Crippen molar-refractivity contribution in [2.75, 3.05) is 59.0 Å². The minimum atomic E-state index is -0.492. The molecular weight excluding hydrogens is 746 g/mol. The number of nitrogens with zero attached hydrogens (tertiary/aromatic N) is 5. The smallest absolute Gasteiger partial charge is 0.410 e. The van der Waals surface area contributed by atoms with Gasteiger partial charge >= 0.3 is 6.09 Å². The molecule has 1 N–H and O–H groups in total. The molecule has 2 aromatic carbocycles. The van der Waals surface area contributed by atoms with Crippen molar-refractivity contribution in [1.82, 2.24) is 29.3 Å². The van der Waals surface area contributed by atoms with E-state index in [2.05, 4.69) is 14.5 Å². The van der Waals surface area contributed by atoms with Gasteiger partial charge in [0.2, 0.25) is 0 Å². The lowest BCUT2D eigenvalue weighted by atomic mass is 9.97. The number of benzene rings is 2. The fraction of sp³-hybridized carbons (Fsp3) is 0.605. The molecule has 0 bridgehead atoms. The van der Waals surface area contributed by atoms with Gasteiger partial charge in [-0.15, -0.1) is 23.2 Å². The molecule has 2 aliphatic rings. The number of alkyl halides is 2. The maximum atomic E-state index is 12.5. The summed E-state index contributed by atoms with van der Waals surface area (Å²) < 4.78 is 20.6. The Kier molecular flexibility index (Phi) is 17.1. The highest BCUT2D eigenvalue weighted by atomic mass is 35.5. The molecule has 2 atom stereocenters. The summed E-state index contributed by atoms with van der Waals surface area (Å²) in [6.45, 7) is 12.4. The van der Waals surface area contributed by atoms with Crippen LogP contribution in [0.4, 0.5) is 4.79 Å². The number of methoxy groups -OCH3 is 2. The van der Waals surface area contributed by atoms with Crippen molar-refractivity contribution in [1.29, 1.82) is 0 Å². The van der Waals surface area contributed by atoms with E-state index in [-0.39, 0.29) is 17.4 Å². The van der Waals surface area contributed by atoms with E-state index in [1.807, 2.05) is 62.1 Å². The highest BCUT2D eigenvalue weighted by molar-refractivity contribution is 6.40. The van der Waals surface area contributed by atoms with Crippen molar-refractivity contribution in [3.8, 4) is 0 Å². The maximum Gasteiger partial charge on any atom is 0.410 e. The van der Waals surface area contributed by atoms with E-state index >= 15 is 0 Å². The van der Waals surface area contributed by atoms with Crippen LogP contribution in [0.2, 0.25) is 10.0 Å². The summed E-state index contributed by atoms with van der Waals surface area (Å²) in [5.74, 6) is 2.87. The molecule has 2 fully saturated rings. The Morgan fingerprint density at radius 3 is 1.85 bits per heavy atom. The lowest BCUT2D eigenvalue weighted by Gasteiger charge is -2.34. The van der Waals surface area contributed by atoms with Gasteiger partial charge in [-0.1, -0.05) is 23.2 Å². The fourth-order valence-corrected chi connectivity index (χ4v) is 7.14. The van der Waals surface area contributed by atoms with Crippen LogP contribution in [0.25, 0.3) is 22.1 Å². The summed E-state index contributed by atoms with van der Waals surface area (Å²) >= 11 is 21.9. The molecule has 0 aliphatic carbocycles. The van der Waals surface area contributed by atoms with Crippen molar-refractivity contribution >= 4 is 74.6 Å². The van der Waals surface area contributed by atoms with Crippen LogP contribution in [0, 0.1) is 0 Å². The highest BCUT2D eigenvalue weighted by Gasteiger charge is 2.31. The van der Waals surface area contributed by atoms with Gasteiger partial charge in [-0.3, -0.25) is 0 Å². The number of rotatable bonds is 10. The Labute approximate surface area is 328 Å². The zero-order valence-corrected chi connectivity index (χ0v) is 34.1. The van der Waals surface area contributed by atoms with E-state index < -0.39 is 5.60 Å². The van der Waals surface area contributed by atoms with Crippen molar-refractivity contribution in [3.63, 3.8) is 0 Å². The van der Waals surface area contributed by atoms with Gasteiger partial charge in [0.15, 0.2) is 0 Å². The van der Waals surface area contributed by atoms with Gasteiger partial charge in [0.1, 0.15) is 17.2 Å². The standard InChI is InChI=1S/C21H30ClN3O3.C16H22ClN3O.CH2Cl2/c1-21(2,3)28-20(26)24-10-5-7-15(14-24)19-23-17-9-8-16(22)13-18(17)25(19)11-6-12-27-4;1-21-9-3-8-20-15-10-13(17)5-6-14(15)19-16(20)12-4-2-7-18-11-12;2-1-3/h8-9,13,15H,5-7,10-12,14H2,1-4H3;5-6,10,12,18H,2-4,7-9,11H2,1H3;1H2/t15-;12-;/m11./s1. The van der Waals surface area contributed by atoms with E-state index in [1.165, 1.54) is 18.7 Å². The van der Waals surface area contributed by atoms with Crippen LogP contribution in [-0.2, 0) is 27.3 Å². The molecule has 0 radical (unpaired) electrons. The minimum absolute atomic E-state index is 0.176. The lowest BCUT2D eigenvalue weighted by Crippen LogP contribution is -2.42. The number of fused-ring (bicyclic) bond motifs is 2. The van der Waals surface area contributed by atoms with Gasteiger partial charge in [0, 0.05) is 82.0 Å². The van der Waals surface area contributed by atoms with Gasteiger partial charge < -0.3 is 33.6 Å². The first kappa shape index (κ1) is 42.4. The number of hydrogen-bond acceptors (Lipinski definition) is 7. The molecule has 0 saturated carbocycles. The lowest BCUT2D eigenvalue weighted by molar-refractivity contribution is 0.0195. The zero-order valence-electron chi connectivity index (χ0n) is 31.1. The maximum absolute atomic E-state index is 12.5. The van der Waals surface area contributed by atoms with E-state index in [9.17, 15) is 4.79 Å². The number of likely N-dealkylation sites (tertiary alicyclic amines) is 1. The van der Waals surface area contributed by atoms with Crippen LogP contribution in [-0.4, -0.2) is 94.6 Å². The molecular formula is C38H54Cl4N6O4. The molecule has 0 unspecified atom stereocenters. The number of ether oxygens (including phenoxy) is 3. The second kappa shape index (κ2) is 21.0. The molecule has 2 aromatic heterocycles. The van der Waals surface area contributed by atoms with Crippen LogP contribution < -0.4 is 5.32 Å². The van der Waals surface area contributed by atoms with Crippen LogP contribution in [0.1, 0.15) is 82.8 Å². The average Bonchev–Trinajstić information content (AvgIpc) is 3.66. The number of aromatic nitrogens is 4. The topological polar surface area (TPSA) is 95.7 Å². The van der Waals surface area contributed by atoms with Crippen molar-refractivity contribution < 1.29 is 19.0 Å². The third kappa shape index (κ3) is 12.1. The average molecular weight is 801 g/mol. The van der Waals surface area contributed by atoms with Gasteiger partial charge in [0.05, 0.1) is 27.4 Å². The summed E-state index contributed by atoms with van der Waals surface area (Å²) in [7, 11) is 3.46. The normalized spacial score (nSPS) is 17.8. The fourth-order valence-electron chi connectivity index (χ4n) is 6.81. The molecule has 2 aliphatic heterocycles. The van der Waals surface area contributed by atoms with Crippen LogP contribution in [0.3, 0.4) is 0 Å². The molecule has 0 spiro atoms. The third-order valence-corrected chi connectivity index (χ3v) is 9.51. The van der Waals surface area contributed by atoms with Crippen molar-refractivity contribution in [2.45, 2.75) is 89.8 Å². The van der Waals surface area contributed by atoms with E-state index in [0.717, 1.165) is 97.9 Å². The molecule has 288 valence electrons. The highest BCUT2D eigenvalue weighted by Crippen LogP contribution is 2.32. The predicted molar refractivity (Wildman–Crippen MR) is 214 cm³/mol. The second-order valence-corrected chi connectivity index (χ2v) is 15.8. The molecule has 10 nitrogen and oxygen atoms in total. The molecule has 4 aromatic rings.